The molecule has 15 heteroatoms. The van der Waals surface area contributed by atoms with Crippen LogP contribution in [0.15, 0.2) is 53.6 Å². The predicted molar refractivity (Wildman–Crippen MR) is 150 cm³/mol. The van der Waals surface area contributed by atoms with Crippen molar-refractivity contribution in [2.45, 2.75) is 24.7 Å². The maximum Gasteiger partial charge on any atom is 0.420 e. The molecule has 224 valence electrons. The molecule has 2 heterocycles. The Labute approximate surface area is 245 Å². The summed E-state index contributed by atoms with van der Waals surface area (Å²) in [6.07, 6.45) is -2.76. The van der Waals surface area contributed by atoms with E-state index in [-0.39, 0.29) is 39.8 Å². The molecule has 2 aromatic carbocycles. The van der Waals surface area contributed by atoms with Crippen LogP contribution in [-0.4, -0.2) is 57.1 Å². The molecule has 0 aliphatic heterocycles. The van der Waals surface area contributed by atoms with Crippen molar-refractivity contribution in [2.75, 3.05) is 31.0 Å². The second kappa shape index (κ2) is 12.3. The average Bonchev–Trinajstić information content (AvgIpc) is 2.95. The molecule has 0 amide bonds. The van der Waals surface area contributed by atoms with Crippen LogP contribution in [0.25, 0.3) is 16.6 Å². The molecule has 4 aromatic rings. The van der Waals surface area contributed by atoms with Gasteiger partial charge < -0.3 is 19.9 Å². The molecule has 0 bridgehead atoms. The Morgan fingerprint density at radius 2 is 1.79 bits per heavy atom. The summed E-state index contributed by atoms with van der Waals surface area (Å²) in [7, 11) is 2.49. The third kappa shape index (κ3) is 5.83. The Hall–Kier alpha value is -3.62. The third-order valence-corrected chi connectivity index (χ3v) is 7.87. The highest BCUT2D eigenvalue weighted by molar-refractivity contribution is 7.99. The summed E-state index contributed by atoms with van der Waals surface area (Å²) in [6.45, 7) is 1.60. The maximum atomic E-state index is 15.1. The third-order valence-electron chi connectivity index (χ3n) is 6.43. The molecule has 0 fully saturated rings. The first kappa shape index (κ1) is 31.3. The normalized spacial score (nSPS) is 14.0. The predicted octanol–water partition coefficient (Wildman–Crippen LogP) is 5.93. The van der Waals surface area contributed by atoms with Gasteiger partial charge in [0.2, 0.25) is 0 Å². The van der Waals surface area contributed by atoms with Gasteiger partial charge in [-0.05, 0) is 35.6 Å². The zero-order chi connectivity index (χ0) is 30.8. The van der Waals surface area contributed by atoms with Crippen molar-refractivity contribution in [2.24, 2.45) is 0 Å². The second-order valence-corrected chi connectivity index (χ2v) is 10.6. The van der Waals surface area contributed by atoms with Crippen LogP contribution in [0.1, 0.15) is 18.5 Å². The molecule has 2 atom stereocenters. The molecule has 2 unspecified atom stereocenters. The molecule has 2 N–H and O–H groups in total. The van der Waals surface area contributed by atoms with Gasteiger partial charge in [-0.1, -0.05) is 24.6 Å². The van der Waals surface area contributed by atoms with Gasteiger partial charge in [0, 0.05) is 22.9 Å². The van der Waals surface area contributed by atoms with Gasteiger partial charge in [-0.2, -0.15) is 24.9 Å². The number of benzene rings is 2. The van der Waals surface area contributed by atoms with E-state index in [9.17, 15) is 27.5 Å². The van der Waals surface area contributed by atoms with E-state index in [1.165, 1.54) is 25.6 Å². The Balaban J connectivity index is 1.98. The Bertz CT molecular complexity index is 1660. The topological polar surface area (TPSA) is 98.5 Å². The number of anilines is 1. The van der Waals surface area contributed by atoms with Crippen LogP contribution in [0.2, 0.25) is 5.02 Å². The molecule has 42 heavy (non-hydrogen) atoms. The van der Waals surface area contributed by atoms with Crippen LogP contribution >= 0.6 is 23.4 Å². The van der Waals surface area contributed by atoms with Crippen molar-refractivity contribution < 1.29 is 36.5 Å². The van der Waals surface area contributed by atoms with Gasteiger partial charge in [0.05, 0.1) is 48.9 Å². The average molecular weight is 631 g/mol. The van der Waals surface area contributed by atoms with Gasteiger partial charge in [0.25, 0.3) is 5.56 Å². The van der Waals surface area contributed by atoms with E-state index in [1.807, 2.05) is 0 Å². The van der Waals surface area contributed by atoms with Crippen LogP contribution in [0.3, 0.4) is 0 Å². The number of halogens is 6. The Morgan fingerprint density at radius 1 is 1.10 bits per heavy atom. The number of rotatable bonds is 10. The summed E-state index contributed by atoms with van der Waals surface area (Å²) in [5, 5.41) is 13.2. The number of alkyl halides is 3. The van der Waals surface area contributed by atoms with Crippen molar-refractivity contribution in [1.29, 1.82) is 0 Å². The highest BCUT2D eigenvalue weighted by Gasteiger charge is 2.59. The second-order valence-electron chi connectivity index (χ2n) is 8.94. The van der Waals surface area contributed by atoms with E-state index >= 15 is 4.39 Å². The summed E-state index contributed by atoms with van der Waals surface area (Å²) < 4.78 is 84.8. The number of pyridine rings is 1. The largest absolute Gasteiger partial charge is 0.494 e. The fraction of sp³-hybridized carbons (Fsp3) is 0.296. The number of nitrogens with one attached hydrogen (secondary N) is 1. The summed E-state index contributed by atoms with van der Waals surface area (Å²) in [5.41, 5.74) is -4.77. The van der Waals surface area contributed by atoms with Crippen molar-refractivity contribution >= 4 is 40.0 Å². The molecular weight excluding hydrogens is 607 g/mol. The number of nitrogens with zero attached hydrogens (tertiary/aromatic N) is 3. The number of fused-ring (bicyclic) bond motifs is 1. The van der Waals surface area contributed by atoms with E-state index in [0.29, 0.717) is 0 Å². The van der Waals surface area contributed by atoms with Crippen LogP contribution in [-0.2, 0) is 0 Å². The first-order chi connectivity index (χ1) is 19.9. The lowest BCUT2D eigenvalue weighted by Gasteiger charge is -2.39. The lowest BCUT2D eigenvalue weighted by molar-refractivity contribution is -0.256. The van der Waals surface area contributed by atoms with E-state index in [0.717, 1.165) is 53.8 Å². The monoisotopic (exact) mass is 630 g/mol. The highest BCUT2D eigenvalue weighted by atomic mass is 35.5. The molecule has 4 rings (SSSR count). The zero-order valence-corrected chi connectivity index (χ0v) is 23.9. The van der Waals surface area contributed by atoms with Crippen molar-refractivity contribution in [3.05, 3.63) is 81.4 Å². The van der Waals surface area contributed by atoms with Crippen molar-refractivity contribution in [3.8, 4) is 17.4 Å². The minimum Gasteiger partial charge on any atom is -0.494 e. The number of thioether (sulfide) groups is 1. The fourth-order valence-corrected chi connectivity index (χ4v) is 5.46. The molecule has 0 radical (unpaired) electrons. The molecule has 0 spiro atoms. The molecule has 8 nitrogen and oxygen atoms in total. The number of hydrogen-bond acceptors (Lipinski definition) is 8. The number of aromatic nitrogens is 3. The fourth-order valence-electron chi connectivity index (χ4n) is 4.35. The van der Waals surface area contributed by atoms with Gasteiger partial charge in [-0.3, -0.25) is 9.36 Å². The summed E-state index contributed by atoms with van der Waals surface area (Å²) in [4.78, 5) is 20.8. The molecule has 0 saturated carbocycles. The molecule has 0 aliphatic carbocycles. The molecular formula is C27H24ClF5N4O4S. The van der Waals surface area contributed by atoms with E-state index in [4.69, 9.17) is 21.1 Å². The molecule has 0 saturated heterocycles. The first-order valence-electron chi connectivity index (χ1n) is 12.2. The van der Waals surface area contributed by atoms with Gasteiger partial charge in [-0.15, -0.1) is 0 Å². The SMILES string of the molecule is CCSCC(O)(C(Nc1cc(F)cc2c1ccc(=O)n2-c1cnc(OC)nc1)c1ccc(OC)c(F)c1Cl)C(F)(F)F. The van der Waals surface area contributed by atoms with Crippen LogP contribution in [0, 0.1) is 11.6 Å². The smallest absolute Gasteiger partial charge is 0.420 e. The van der Waals surface area contributed by atoms with E-state index in [1.54, 1.807) is 6.92 Å². The minimum atomic E-state index is -5.25. The quantitative estimate of drug-likeness (QED) is 0.208. The van der Waals surface area contributed by atoms with Crippen LogP contribution in [0.5, 0.6) is 11.8 Å². The van der Waals surface area contributed by atoms with Crippen LogP contribution in [0.4, 0.5) is 27.6 Å². The van der Waals surface area contributed by atoms with Crippen LogP contribution < -0.4 is 20.3 Å². The molecule has 0 aliphatic rings. The number of aliphatic hydroxyl groups is 1. The lowest BCUT2D eigenvalue weighted by atomic mass is 9.88. The number of ether oxygens (including phenoxy) is 2. The highest BCUT2D eigenvalue weighted by Crippen LogP contribution is 2.47. The Kier molecular flexibility index (Phi) is 9.18. The van der Waals surface area contributed by atoms with Gasteiger partial charge >= 0.3 is 12.2 Å². The van der Waals surface area contributed by atoms with Gasteiger partial charge in [-0.25, -0.2) is 18.7 Å². The Morgan fingerprint density at radius 3 is 2.38 bits per heavy atom. The van der Waals surface area contributed by atoms with Gasteiger partial charge in [0.1, 0.15) is 5.82 Å². The van der Waals surface area contributed by atoms with Crippen molar-refractivity contribution in [1.82, 2.24) is 14.5 Å². The zero-order valence-electron chi connectivity index (χ0n) is 22.3. The lowest BCUT2D eigenvalue weighted by Crippen LogP contribution is -2.54. The number of methoxy groups -OCH3 is 2. The minimum absolute atomic E-state index is 0.00315. The van der Waals surface area contributed by atoms with Gasteiger partial charge in [0.15, 0.2) is 17.2 Å². The summed E-state index contributed by atoms with van der Waals surface area (Å²) in [5.74, 6) is -3.05. The first-order valence-corrected chi connectivity index (χ1v) is 13.8. The molecule has 2 aromatic heterocycles. The number of hydrogen-bond donors (Lipinski definition) is 2. The summed E-state index contributed by atoms with van der Waals surface area (Å²) in [6, 6.07) is 4.31. The van der Waals surface area contributed by atoms with E-state index < -0.39 is 51.4 Å². The standard InChI is InChI=1S/C27H24ClF5N4O4S/c1-4-42-13-26(39,27(31,32)33)24(17-5-7-20(40-2)23(30)22(17)28)36-18-9-14(29)10-19-16(18)6-8-21(38)37(19)15-11-34-25(41-3)35-12-15/h5-12,24,36,39H,4,13H2,1-3H3. The van der Waals surface area contributed by atoms with Crippen molar-refractivity contribution in [3.63, 3.8) is 0 Å². The van der Waals surface area contributed by atoms with E-state index in [2.05, 4.69) is 15.3 Å². The summed E-state index contributed by atoms with van der Waals surface area (Å²) >= 11 is 6.99. The maximum absolute atomic E-state index is 15.1.